The van der Waals surface area contributed by atoms with E-state index >= 15 is 0 Å². The van der Waals surface area contributed by atoms with Crippen molar-refractivity contribution in [3.05, 3.63) is 18.0 Å². The van der Waals surface area contributed by atoms with Crippen LogP contribution in [-0.4, -0.2) is 62.7 Å². The Morgan fingerprint density at radius 1 is 1.12 bits per heavy atom. The first-order valence-electron chi connectivity index (χ1n) is 8.57. The molecule has 0 radical (unpaired) electrons. The smallest absolute Gasteiger partial charge is 0.241 e. The lowest BCUT2D eigenvalue weighted by Crippen LogP contribution is -2.38. The van der Waals surface area contributed by atoms with Crippen LogP contribution in [0.4, 0.5) is 0 Å². The predicted octanol–water partition coefficient (Wildman–Crippen LogP) is 2.37. The number of methoxy groups -OCH3 is 4. The lowest BCUT2D eigenvalue weighted by Gasteiger charge is -2.30. The Morgan fingerprint density at radius 2 is 1.92 bits per heavy atom. The molecular weight excluding hydrogens is 338 g/mol. The molecule has 3 rings (SSSR count). The number of ether oxygens (including phenoxy) is 4. The van der Waals surface area contributed by atoms with E-state index < -0.39 is 0 Å². The summed E-state index contributed by atoms with van der Waals surface area (Å²) in [6.07, 6.45) is 2.45. The van der Waals surface area contributed by atoms with E-state index in [0.29, 0.717) is 41.1 Å². The Hall–Kier alpha value is -2.32. The van der Waals surface area contributed by atoms with E-state index in [1.807, 2.05) is 6.07 Å². The standard InChI is InChI=1S/C18H25N3O5/c1-22-12-6-5-9-21(10-12)11-15-19-18(20-26-15)13-7-8-14(23-2)17(25-4)16(13)24-3/h7-8,12H,5-6,9-11H2,1-4H3. The maximum absolute atomic E-state index is 5.50. The molecule has 2 aromatic rings. The fraction of sp³-hybridized carbons (Fsp3) is 0.556. The van der Waals surface area contributed by atoms with Gasteiger partial charge in [0.05, 0.1) is 39.5 Å². The molecule has 1 fully saturated rings. The van der Waals surface area contributed by atoms with Crippen LogP contribution >= 0.6 is 0 Å². The molecule has 1 aliphatic heterocycles. The van der Waals surface area contributed by atoms with E-state index in [-0.39, 0.29) is 6.10 Å². The van der Waals surface area contributed by atoms with Crippen LogP contribution in [0.5, 0.6) is 17.2 Å². The summed E-state index contributed by atoms with van der Waals surface area (Å²) < 4.78 is 27.1. The number of hydrogen-bond acceptors (Lipinski definition) is 8. The molecule has 0 N–H and O–H groups in total. The largest absolute Gasteiger partial charge is 0.493 e. The van der Waals surface area contributed by atoms with Gasteiger partial charge in [-0.2, -0.15) is 4.98 Å². The van der Waals surface area contributed by atoms with Gasteiger partial charge < -0.3 is 23.5 Å². The van der Waals surface area contributed by atoms with Gasteiger partial charge in [-0.3, -0.25) is 4.90 Å². The molecule has 0 saturated carbocycles. The number of rotatable bonds is 7. The summed E-state index contributed by atoms with van der Waals surface area (Å²) in [4.78, 5) is 6.79. The second-order valence-corrected chi connectivity index (χ2v) is 6.13. The topological polar surface area (TPSA) is 79.1 Å². The molecular formula is C18H25N3O5. The quantitative estimate of drug-likeness (QED) is 0.742. The van der Waals surface area contributed by atoms with E-state index in [0.717, 1.165) is 25.9 Å². The van der Waals surface area contributed by atoms with Crippen molar-refractivity contribution in [2.24, 2.45) is 0 Å². The van der Waals surface area contributed by atoms with Crippen LogP contribution < -0.4 is 14.2 Å². The van der Waals surface area contributed by atoms with Gasteiger partial charge >= 0.3 is 0 Å². The zero-order chi connectivity index (χ0) is 18.5. The van der Waals surface area contributed by atoms with Crippen molar-refractivity contribution < 1.29 is 23.5 Å². The highest BCUT2D eigenvalue weighted by molar-refractivity contribution is 5.71. The van der Waals surface area contributed by atoms with E-state index in [4.69, 9.17) is 23.5 Å². The molecule has 8 heteroatoms. The monoisotopic (exact) mass is 363 g/mol. The maximum Gasteiger partial charge on any atom is 0.241 e. The van der Waals surface area contributed by atoms with Crippen LogP contribution in [0.15, 0.2) is 16.7 Å². The van der Waals surface area contributed by atoms with Crippen LogP contribution in [0.3, 0.4) is 0 Å². The first-order valence-corrected chi connectivity index (χ1v) is 8.57. The molecule has 1 aliphatic rings. The highest BCUT2D eigenvalue weighted by Gasteiger charge is 2.23. The van der Waals surface area contributed by atoms with Crippen LogP contribution in [0.25, 0.3) is 11.4 Å². The maximum atomic E-state index is 5.50. The van der Waals surface area contributed by atoms with Gasteiger partial charge in [0, 0.05) is 13.7 Å². The molecule has 1 unspecified atom stereocenters. The number of nitrogens with zero attached hydrogens (tertiary/aromatic N) is 3. The molecule has 2 heterocycles. The Labute approximate surface area is 153 Å². The minimum Gasteiger partial charge on any atom is -0.493 e. The number of benzene rings is 1. The summed E-state index contributed by atoms with van der Waals surface area (Å²) in [7, 11) is 6.46. The molecule has 0 aliphatic carbocycles. The minimum atomic E-state index is 0.261. The number of piperidine rings is 1. The summed E-state index contributed by atoms with van der Waals surface area (Å²) in [5.41, 5.74) is 0.688. The molecule has 142 valence electrons. The normalized spacial score (nSPS) is 17.9. The Bertz CT molecular complexity index is 734. The Balaban J connectivity index is 1.81. The molecule has 8 nitrogen and oxygen atoms in total. The number of likely N-dealkylation sites (tertiary alicyclic amines) is 1. The van der Waals surface area contributed by atoms with Gasteiger partial charge in [0.1, 0.15) is 0 Å². The Kier molecular flexibility index (Phi) is 5.95. The lowest BCUT2D eigenvalue weighted by molar-refractivity contribution is 0.0251. The number of aromatic nitrogens is 2. The summed E-state index contributed by atoms with van der Waals surface area (Å²) in [6.45, 7) is 2.47. The summed E-state index contributed by atoms with van der Waals surface area (Å²) in [6, 6.07) is 3.62. The van der Waals surface area contributed by atoms with Gasteiger partial charge in [0.15, 0.2) is 11.5 Å². The molecule has 0 bridgehead atoms. The zero-order valence-electron chi connectivity index (χ0n) is 15.7. The van der Waals surface area contributed by atoms with E-state index in [1.54, 1.807) is 34.5 Å². The second kappa shape index (κ2) is 8.37. The highest BCUT2D eigenvalue weighted by atomic mass is 16.5. The highest BCUT2D eigenvalue weighted by Crippen LogP contribution is 2.43. The van der Waals surface area contributed by atoms with Gasteiger partial charge in [0.25, 0.3) is 0 Å². The molecule has 26 heavy (non-hydrogen) atoms. The second-order valence-electron chi connectivity index (χ2n) is 6.13. The predicted molar refractivity (Wildman–Crippen MR) is 94.7 cm³/mol. The van der Waals surface area contributed by atoms with Crippen molar-refractivity contribution in [2.45, 2.75) is 25.5 Å². The minimum absolute atomic E-state index is 0.261. The lowest BCUT2D eigenvalue weighted by atomic mass is 10.1. The van der Waals surface area contributed by atoms with Crippen LogP contribution in [-0.2, 0) is 11.3 Å². The van der Waals surface area contributed by atoms with Gasteiger partial charge in [0.2, 0.25) is 17.5 Å². The third-order valence-electron chi connectivity index (χ3n) is 4.57. The molecule has 1 aromatic heterocycles. The zero-order valence-corrected chi connectivity index (χ0v) is 15.7. The fourth-order valence-electron chi connectivity index (χ4n) is 3.25. The third kappa shape index (κ3) is 3.76. The van der Waals surface area contributed by atoms with Crippen molar-refractivity contribution in [1.82, 2.24) is 15.0 Å². The van der Waals surface area contributed by atoms with Crippen molar-refractivity contribution in [2.75, 3.05) is 41.5 Å². The molecule has 1 saturated heterocycles. The van der Waals surface area contributed by atoms with Crippen LogP contribution in [0.2, 0.25) is 0 Å². The van der Waals surface area contributed by atoms with E-state index in [1.165, 1.54) is 0 Å². The van der Waals surface area contributed by atoms with Crippen LogP contribution in [0.1, 0.15) is 18.7 Å². The van der Waals surface area contributed by atoms with Gasteiger partial charge in [-0.05, 0) is 31.5 Å². The van der Waals surface area contributed by atoms with Crippen molar-refractivity contribution in [1.29, 1.82) is 0 Å². The summed E-state index contributed by atoms with van der Waals surface area (Å²) in [5.74, 6) is 2.61. The van der Waals surface area contributed by atoms with E-state index in [2.05, 4.69) is 15.0 Å². The SMILES string of the molecule is COc1ccc(-c2noc(CN3CCCC(OC)C3)n2)c(OC)c1OC. The van der Waals surface area contributed by atoms with Gasteiger partial charge in [-0.1, -0.05) is 5.16 Å². The molecule has 1 atom stereocenters. The van der Waals surface area contributed by atoms with Crippen molar-refractivity contribution >= 4 is 0 Å². The average molecular weight is 363 g/mol. The van der Waals surface area contributed by atoms with Gasteiger partial charge in [-0.15, -0.1) is 0 Å². The van der Waals surface area contributed by atoms with Crippen LogP contribution in [0, 0.1) is 0 Å². The molecule has 1 aromatic carbocycles. The Morgan fingerprint density at radius 3 is 2.62 bits per heavy atom. The first-order chi connectivity index (χ1) is 12.7. The molecule has 0 spiro atoms. The fourth-order valence-corrected chi connectivity index (χ4v) is 3.25. The number of hydrogen-bond donors (Lipinski definition) is 0. The summed E-state index contributed by atoms with van der Waals surface area (Å²) in [5, 5.41) is 4.11. The molecule has 0 amide bonds. The third-order valence-corrected chi connectivity index (χ3v) is 4.57. The van der Waals surface area contributed by atoms with Crippen molar-refractivity contribution in [3.63, 3.8) is 0 Å². The average Bonchev–Trinajstić information content (AvgIpc) is 3.14. The van der Waals surface area contributed by atoms with Crippen molar-refractivity contribution in [3.8, 4) is 28.6 Å². The summed E-state index contributed by atoms with van der Waals surface area (Å²) >= 11 is 0. The van der Waals surface area contributed by atoms with Gasteiger partial charge in [-0.25, -0.2) is 0 Å². The van der Waals surface area contributed by atoms with E-state index in [9.17, 15) is 0 Å². The first kappa shape index (κ1) is 18.5.